The summed E-state index contributed by atoms with van der Waals surface area (Å²) in [5.41, 5.74) is 1.90. The Morgan fingerprint density at radius 1 is 0.966 bits per heavy atom. The molecule has 0 aliphatic heterocycles. The Morgan fingerprint density at radius 3 is 1.97 bits per heavy atom. The van der Waals surface area contributed by atoms with Crippen molar-refractivity contribution in [1.29, 1.82) is 0 Å². The van der Waals surface area contributed by atoms with Crippen LogP contribution in [-0.4, -0.2) is 35.2 Å². The van der Waals surface area contributed by atoms with Gasteiger partial charge in [0, 0.05) is 30.8 Å². The number of aromatic nitrogens is 1. The smallest absolute Gasteiger partial charge is 0.306 e. The molecule has 6 nitrogen and oxygen atoms in total. The Balaban J connectivity index is 2.30. The Kier molecular flexibility index (Phi) is 8.34. The normalized spacial score (nSPS) is 12.8. The molecule has 6 heteroatoms. The molecule has 0 amide bonds. The molecule has 0 saturated heterocycles. The van der Waals surface area contributed by atoms with Gasteiger partial charge in [0.15, 0.2) is 0 Å². The Labute approximate surface area is 171 Å². The van der Waals surface area contributed by atoms with Gasteiger partial charge in [-0.15, -0.1) is 0 Å². The monoisotopic (exact) mass is 399 g/mol. The summed E-state index contributed by atoms with van der Waals surface area (Å²) in [6.45, 7) is 5.95. The van der Waals surface area contributed by atoms with Crippen LogP contribution in [0.25, 0.3) is 0 Å². The van der Waals surface area contributed by atoms with Crippen LogP contribution in [-0.2, 0) is 37.5 Å². The third-order valence-electron chi connectivity index (χ3n) is 4.68. The van der Waals surface area contributed by atoms with Gasteiger partial charge in [-0.1, -0.05) is 24.3 Å². The van der Waals surface area contributed by atoms with E-state index in [2.05, 4.69) is 4.98 Å². The maximum Gasteiger partial charge on any atom is 0.306 e. The molecule has 2 aromatic rings. The number of ether oxygens (including phenoxy) is 2. The van der Waals surface area contributed by atoms with Crippen LogP contribution >= 0.6 is 0 Å². The van der Waals surface area contributed by atoms with Crippen molar-refractivity contribution in [3.63, 3.8) is 0 Å². The van der Waals surface area contributed by atoms with E-state index in [0.717, 1.165) is 11.1 Å². The Bertz CT molecular complexity index is 777. The molecule has 1 aromatic heterocycles. The molecular formula is C23H29NO5. The molecule has 1 heterocycles. The second kappa shape index (κ2) is 10.7. The summed E-state index contributed by atoms with van der Waals surface area (Å²) in [6.07, 6.45) is 4.77. The lowest BCUT2D eigenvalue weighted by Gasteiger charge is -2.25. The number of rotatable bonds is 10. The standard InChI is InChI=1S/C23H29NO5/c1-4-28-21(25)10-8-17-13-18(9-11-22(26)29-5-2)15-20(14-17)23(3,27)19-7-6-12-24-16-19/h6-7,12-16,27H,4-5,8-11H2,1-3H3. The van der Waals surface area contributed by atoms with Crippen molar-refractivity contribution in [1.82, 2.24) is 4.98 Å². The summed E-state index contributed by atoms with van der Waals surface area (Å²) in [4.78, 5) is 27.6. The van der Waals surface area contributed by atoms with E-state index in [4.69, 9.17) is 9.47 Å². The van der Waals surface area contributed by atoms with Gasteiger partial charge < -0.3 is 14.6 Å². The molecule has 0 aliphatic carbocycles. The predicted octanol–water partition coefficient (Wildman–Crippen LogP) is 3.33. The largest absolute Gasteiger partial charge is 0.466 e. The first kappa shape index (κ1) is 22.6. The molecule has 0 fully saturated rings. The number of pyridine rings is 1. The number of carbonyl (C=O) groups excluding carboxylic acids is 2. The van der Waals surface area contributed by atoms with E-state index in [1.165, 1.54) is 0 Å². The zero-order chi connectivity index (χ0) is 21.3. The minimum absolute atomic E-state index is 0.254. The van der Waals surface area contributed by atoms with Crippen LogP contribution in [0.1, 0.15) is 55.9 Å². The third kappa shape index (κ3) is 6.68. The van der Waals surface area contributed by atoms with E-state index in [0.29, 0.717) is 37.2 Å². The first-order chi connectivity index (χ1) is 13.9. The quantitative estimate of drug-likeness (QED) is 0.617. The summed E-state index contributed by atoms with van der Waals surface area (Å²) in [5.74, 6) is -0.519. The number of benzene rings is 1. The fraction of sp³-hybridized carbons (Fsp3) is 0.435. The second-order valence-electron chi connectivity index (χ2n) is 6.96. The number of aliphatic hydroxyl groups is 1. The fourth-order valence-corrected chi connectivity index (χ4v) is 3.11. The lowest BCUT2D eigenvalue weighted by molar-refractivity contribution is -0.143. The Morgan fingerprint density at radius 2 is 1.52 bits per heavy atom. The lowest BCUT2D eigenvalue weighted by Crippen LogP contribution is -2.23. The van der Waals surface area contributed by atoms with Crippen molar-refractivity contribution in [2.45, 2.75) is 52.1 Å². The van der Waals surface area contributed by atoms with E-state index in [9.17, 15) is 14.7 Å². The van der Waals surface area contributed by atoms with Gasteiger partial charge in [0.25, 0.3) is 0 Å². The van der Waals surface area contributed by atoms with Crippen molar-refractivity contribution in [3.05, 3.63) is 65.0 Å². The van der Waals surface area contributed by atoms with Crippen molar-refractivity contribution < 1.29 is 24.2 Å². The van der Waals surface area contributed by atoms with Crippen LogP contribution in [0.2, 0.25) is 0 Å². The number of hydrogen-bond acceptors (Lipinski definition) is 6. The number of aryl methyl sites for hydroxylation is 2. The summed E-state index contributed by atoms with van der Waals surface area (Å²) < 4.78 is 10.0. The van der Waals surface area contributed by atoms with Gasteiger partial charge in [0.2, 0.25) is 0 Å². The van der Waals surface area contributed by atoms with E-state index in [-0.39, 0.29) is 24.8 Å². The minimum Gasteiger partial charge on any atom is -0.466 e. The number of carbonyl (C=O) groups is 2. The SMILES string of the molecule is CCOC(=O)CCc1cc(CCC(=O)OCC)cc(C(C)(O)c2cccnc2)c1. The summed E-state index contributed by atoms with van der Waals surface area (Å²) in [6, 6.07) is 9.33. The highest BCUT2D eigenvalue weighted by Gasteiger charge is 2.27. The highest BCUT2D eigenvalue weighted by molar-refractivity contribution is 5.70. The first-order valence-electron chi connectivity index (χ1n) is 9.94. The van der Waals surface area contributed by atoms with Gasteiger partial charge in [0.05, 0.1) is 13.2 Å². The molecule has 1 atom stereocenters. The van der Waals surface area contributed by atoms with E-state index < -0.39 is 5.60 Å². The average molecular weight is 399 g/mol. The molecule has 1 N–H and O–H groups in total. The van der Waals surface area contributed by atoms with Crippen molar-refractivity contribution in [2.24, 2.45) is 0 Å². The van der Waals surface area contributed by atoms with Crippen molar-refractivity contribution in [3.8, 4) is 0 Å². The van der Waals surface area contributed by atoms with Gasteiger partial charge in [0.1, 0.15) is 5.60 Å². The molecular weight excluding hydrogens is 370 g/mol. The van der Waals surface area contributed by atoms with Crippen LogP contribution in [0, 0.1) is 0 Å². The molecule has 1 unspecified atom stereocenters. The fourth-order valence-electron chi connectivity index (χ4n) is 3.11. The van der Waals surface area contributed by atoms with Crippen LogP contribution in [0.3, 0.4) is 0 Å². The molecule has 1 aromatic carbocycles. The minimum atomic E-state index is -1.26. The zero-order valence-electron chi connectivity index (χ0n) is 17.3. The molecule has 29 heavy (non-hydrogen) atoms. The number of nitrogens with zero attached hydrogens (tertiary/aromatic N) is 1. The summed E-state index contributed by atoms with van der Waals surface area (Å²) in [5, 5.41) is 11.2. The molecule has 2 rings (SSSR count). The maximum absolute atomic E-state index is 11.8. The maximum atomic E-state index is 11.8. The van der Waals surface area contributed by atoms with Gasteiger partial charge in [-0.2, -0.15) is 0 Å². The number of esters is 2. The highest BCUT2D eigenvalue weighted by atomic mass is 16.5. The lowest BCUT2D eigenvalue weighted by atomic mass is 9.86. The van der Waals surface area contributed by atoms with Crippen LogP contribution in [0.4, 0.5) is 0 Å². The second-order valence-corrected chi connectivity index (χ2v) is 6.96. The predicted molar refractivity (Wildman–Crippen MR) is 109 cm³/mol. The van der Waals surface area contributed by atoms with Crippen LogP contribution < -0.4 is 0 Å². The molecule has 0 radical (unpaired) electrons. The van der Waals surface area contributed by atoms with E-state index >= 15 is 0 Å². The van der Waals surface area contributed by atoms with Gasteiger partial charge >= 0.3 is 11.9 Å². The van der Waals surface area contributed by atoms with Crippen LogP contribution in [0.15, 0.2) is 42.7 Å². The van der Waals surface area contributed by atoms with Gasteiger partial charge in [-0.05, 0) is 56.4 Å². The number of hydrogen-bond donors (Lipinski definition) is 1. The van der Waals surface area contributed by atoms with Gasteiger partial charge in [-0.3, -0.25) is 14.6 Å². The summed E-state index contributed by atoms with van der Waals surface area (Å²) in [7, 11) is 0. The summed E-state index contributed by atoms with van der Waals surface area (Å²) >= 11 is 0. The first-order valence-corrected chi connectivity index (χ1v) is 9.94. The van der Waals surface area contributed by atoms with E-state index in [1.54, 1.807) is 39.2 Å². The molecule has 156 valence electrons. The Hall–Kier alpha value is -2.73. The van der Waals surface area contributed by atoms with Crippen LogP contribution in [0.5, 0.6) is 0 Å². The topological polar surface area (TPSA) is 85.7 Å². The molecule has 0 saturated carbocycles. The molecule has 0 spiro atoms. The highest BCUT2D eigenvalue weighted by Crippen LogP contribution is 2.30. The van der Waals surface area contributed by atoms with Crippen molar-refractivity contribution in [2.75, 3.05) is 13.2 Å². The molecule has 0 aliphatic rings. The molecule has 0 bridgehead atoms. The third-order valence-corrected chi connectivity index (χ3v) is 4.68. The van der Waals surface area contributed by atoms with Gasteiger partial charge in [-0.25, -0.2) is 0 Å². The van der Waals surface area contributed by atoms with Crippen molar-refractivity contribution >= 4 is 11.9 Å². The average Bonchev–Trinajstić information content (AvgIpc) is 2.72. The van der Waals surface area contributed by atoms with E-state index in [1.807, 2.05) is 24.3 Å². The zero-order valence-corrected chi connectivity index (χ0v) is 17.3.